The number of aromatic nitrogens is 4. The maximum Gasteiger partial charge on any atom is 0.141 e. The van der Waals surface area contributed by atoms with Gasteiger partial charge in [-0.05, 0) is 84.6 Å². The first-order valence-electron chi connectivity index (χ1n) is 12.7. The first kappa shape index (κ1) is 21.3. The summed E-state index contributed by atoms with van der Waals surface area (Å²) in [6.07, 6.45) is 15.2. The normalized spacial score (nSPS) is 17.7. The van der Waals surface area contributed by atoms with Gasteiger partial charge >= 0.3 is 0 Å². The summed E-state index contributed by atoms with van der Waals surface area (Å²) >= 11 is 0. The number of anilines is 1. The lowest BCUT2D eigenvalue weighted by molar-refractivity contribution is 0.299. The second-order valence-electron chi connectivity index (χ2n) is 9.96. The number of ether oxygens (including phenoxy) is 1. The summed E-state index contributed by atoms with van der Waals surface area (Å²) in [7, 11) is 0. The van der Waals surface area contributed by atoms with Gasteiger partial charge < -0.3 is 20.8 Å². The molecule has 4 N–H and O–H groups in total. The summed E-state index contributed by atoms with van der Waals surface area (Å²) in [5.74, 6) is 1.33. The SMILES string of the molecule is Nc1cc(Cc2c[nH]c3ncc(-c4cc(C5CCCN5)c5cnccc5c4)cc23)c(OC2CC2)cn1. The Morgan fingerprint density at radius 3 is 2.75 bits per heavy atom. The van der Waals surface area contributed by atoms with E-state index in [0.717, 1.165) is 59.3 Å². The predicted octanol–water partition coefficient (Wildman–Crippen LogP) is 5.31. The molecule has 1 unspecified atom stereocenters. The van der Waals surface area contributed by atoms with E-state index in [4.69, 9.17) is 15.5 Å². The van der Waals surface area contributed by atoms with Gasteiger partial charge in [0.2, 0.25) is 0 Å². The number of nitrogens with one attached hydrogen (secondary N) is 2. The third-order valence-electron chi connectivity index (χ3n) is 7.34. The molecule has 1 saturated heterocycles. The summed E-state index contributed by atoms with van der Waals surface area (Å²) in [5.41, 5.74) is 12.7. The Hall–Kier alpha value is -3.97. The molecule has 2 aliphatic rings. The van der Waals surface area contributed by atoms with Crippen molar-refractivity contribution in [3.05, 3.63) is 78.0 Å². The van der Waals surface area contributed by atoms with Crippen LogP contribution in [0.2, 0.25) is 0 Å². The molecule has 5 aromatic rings. The van der Waals surface area contributed by atoms with Gasteiger partial charge in [-0.15, -0.1) is 0 Å². The molecular formula is C29H28N6O. The van der Waals surface area contributed by atoms with E-state index in [-0.39, 0.29) is 0 Å². The topological polar surface area (TPSA) is 102 Å². The number of nitrogen functional groups attached to an aromatic ring is 1. The number of rotatable bonds is 6. The van der Waals surface area contributed by atoms with Crippen LogP contribution in [0.15, 0.2) is 61.3 Å². The van der Waals surface area contributed by atoms with Crippen molar-refractivity contribution < 1.29 is 4.74 Å². The number of nitrogens with zero attached hydrogens (tertiary/aromatic N) is 3. The molecule has 1 saturated carbocycles. The Balaban J connectivity index is 1.29. The number of H-pyrrole nitrogens is 1. The number of fused-ring (bicyclic) bond motifs is 2. The van der Waals surface area contributed by atoms with Gasteiger partial charge in [0, 0.05) is 59.1 Å². The summed E-state index contributed by atoms with van der Waals surface area (Å²) in [4.78, 5) is 16.8. The minimum absolute atomic E-state index is 0.303. The second-order valence-corrected chi connectivity index (χ2v) is 9.96. The van der Waals surface area contributed by atoms with Crippen molar-refractivity contribution in [2.45, 2.75) is 44.2 Å². The number of aromatic amines is 1. The number of benzene rings is 1. The molecule has 1 atom stereocenters. The first-order chi connectivity index (χ1) is 17.7. The Morgan fingerprint density at radius 1 is 0.944 bits per heavy atom. The summed E-state index contributed by atoms with van der Waals surface area (Å²) in [6, 6.07) is 11.2. The summed E-state index contributed by atoms with van der Waals surface area (Å²) in [6.45, 7) is 1.06. The van der Waals surface area contributed by atoms with Gasteiger partial charge in [0.25, 0.3) is 0 Å². The molecule has 4 aromatic heterocycles. The predicted molar refractivity (Wildman–Crippen MR) is 142 cm³/mol. The Bertz CT molecular complexity index is 1580. The van der Waals surface area contributed by atoms with Gasteiger partial charge in [-0.3, -0.25) is 4.98 Å². The average Bonchev–Trinajstić information content (AvgIpc) is 3.38. The quantitative estimate of drug-likeness (QED) is 0.307. The zero-order chi connectivity index (χ0) is 24.1. The van der Waals surface area contributed by atoms with E-state index in [0.29, 0.717) is 24.4 Å². The molecule has 7 rings (SSSR count). The molecule has 0 bridgehead atoms. The average molecular weight is 477 g/mol. The van der Waals surface area contributed by atoms with Crippen molar-refractivity contribution in [2.75, 3.05) is 12.3 Å². The van der Waals surface area contributed by atoms with Crippen LogP contribution in [0.1, 0.15) is 48.4 Å². The summed E-state index contributed by atoms with van der Waals surface area (Å²) < 4.78 is 6.11. The van der Waals surface area contributed by atoms with Gasteiger partial charge in [-0.2, -0.15) is 0 Å². The fourth-order valence-corrected chi connectivity index (χ4v) is 5.31. The van der Waals surface area contributed by atoms with Gasteiger partial charge in [0.1, 0.15) is 17.2 Å². The highest BCUT2D eigenvalue weighted by Gasteiger charge is 2.25. The Morgan fingerprint density at radius 2 is 1.89 bits per heavy atom. The van der Waals surface area contributed by atoms with Gasteiger partial charge in [-0.1, -0.05) is 0 Å². The molecule has 180 valence electrons. The van der Waals surface area contributed by atoms with Crippen molar-refractivity contribution in [1.29, 1.82) is 0 Å². The van der Waals surface area contributed by atoms with Gasteiger partial charge in [-0.25, -0.2) is 9.97 Å². The van der Waals surface area contributed by atoms with E-state index >= 15 is 0 Å². The molecule has 0 amide bonds. The molecule has 5 heterocycles. The zero-order valence-electron chi connectivity index (χ0n) is 20.0. The molecule has 0 radical (unpaired) electrons. The third-order valence-corrected chi connectivity index (χ3v) is 7.34. The van der Waals surface area contributed by atoms with Crippen LogP contribution in [0, 0.1) is 0 Å². The molecule has 36 heavy (non-hydrogen) atoms. The van der Waals surface area contributed by atoms with E-state index in [1.807, 2.05) is 30.9 Å². The van der Waals surface area contributed by atoms with Crippen molar-refractivity contribution in [3.63, 3.8) is 0 Å². The Kier molecular flexibility index (Phi) is 5.10. The van der Waals surface area contributed by atoms with Crippen molar-refractivity contribution in [1.82, 2.24) is 25.3 Å². The standard InChI is InChI=1S/C29H28N6O/c30-28-12-19(27(16-33-28)36-22-3-4-22)9-21-14-35-29-23(21)11-20(13-34-29)18-8-17-5-7-31-15-25(17)24(10-18)26-2-1-6-32-26/h5,7-8,10-16,22,26,32H,1-4,6,9H2,(H2,30,33)(H,34,35). The monoisotopic (exact) mass is 476 g/mol. The van der Waals surface area contributed by atoms with Crippen LogP contribution in [0.25, 0.3) is 32.9 Å². The van der Waals surface area contributed by atoms with Crippen LogP contribution in [0.5, 0.6) is 5.75 Å². The highest BCUT2D eigenvalue weighted by molar-refractivity contribution is 5.92. The van der Waals surface area contributed by atoms with Crippen molar-refractivity contribution >= 4 is 27.6 Å². The molecule has 7 nitrogen and oxygen atoms in total. The van der Waals surface area contributed by atoms with Crippen LogP contribution in [0.3, 0.4) is 0 Å². The minimum Gasteiger partial charge on any atom is -0.489 e. The molecule has 1 aliphatic heterocycles. The maximum atomic E-state index is 6.11. The van der Waals surface area contributed by atoms with Crippen LogP contribution >= 0.6 is 0 Å². The van der Waals surface area contributed by atoms with E-state index in [9.17, 15) is 0 Å². The number of nitrogens with two attached hydrogens (primary N) is 1. The highest BCUT2D eigenvalue weighted by atomic mass is 16.5. The van der Waals surface area contributed by atoms with Crippen LogP contribution in [-0.2, 0) is 6.42 Å². The lowest BCUT2D eigenvalue weighted by Crippen LogP contribution is -2.13. The fraction of sp³-hybridized carbons (Fsp3) is 0.276. The largest absolute Gasteiger partial charge is 0.489 e. The first-order valence-corrected chi connectivity index (χ1v) is 12.7. The summed E-state index contributed by atoms with van der Waals surface area (Å²) in [5, 5.41) is 7.19. The molecule has 0 spiro atoms. The van der Waals surface area contributed by atoms with Crippen molar-refractivity contribution in [2.24, 2.45) is 0 Å². The van der Waals surface area contributed by atoms with Crippen molar-refractivity contribution in [3.8, 4) is 16.9 Å². The van der Waals surface area contributed by atoms with Gasteiger partial charge in [0.05, 0.1) is 12.3 Å². The van der Waals surface area contributed by atoms with E-state index in [1.54, 1.807) is 6.20 Å². The number of hydrogen-bond acceptors (Lipinski definition) is 6. The lowest BCUT2D eigenvalue weighted by atomic mass is 9.93. The smallest absolute Gasteiger partial charge is 0.141 e. The minimum atomic E-state index is 0.303. The molecule has 1 aliphatic carbocycles. The Labute approximate surface area is 209 Å². The molecule has 7 heteroatoms. The van der Waals surface area contributed by atoms with Crippen LogP contribution in [0.4, 0.5) is 5.82 Å². The maximum absolute atomic E-state index is 6.11. The molecular weight excluding hydrogens is 448 g/mol. The number of hydrogen-bond donors (Lipinski definition) is 3. The number of pyridine rings is 3. The second kappa shape index (κ2) is 8.60. The fourth-order valence-electron chi connectivity index (χ4n) is 5.31. The van der Waals surface area contributed by atoms with E-state index < -0.39 is 0 Å². The van der Waals surface area contributed by atoms with Gasteiger partial charge in [0.15, 0.2) is 0 Å². The van der Waals surface area contributed by atoms with E-state index in [1.165, 1.54) is 28.3 Å². The molecule has 2 fully saturated rings. The van der Waals surface area contributed by atoms with E-state index in [2.05, 4.69) is 44.5 Å². The van der Waals surface area contributed by atoms with Crippen LogP contribution < -0.4 is 15.8 Å². The third kappa shape index (κ3) is 3.95. The molecule has 1 aromatic carbocycles. The highest BCUT2D eigenvalue weighted by Crippen LogP contribution is 2.36. The lowest BCUT2D eigenvalue weighted by Gasteiger charge is -2.16. The van der Waals surface area contributed by atoms with Crippen LogP contribution in [-0.4, -0.2) is 32.6 Å². The zero-order valence-corrected chi connectivity index (χ0v) is 20.0.